The predicted molar refractivity (Wildman–Crippen MR) is 84.5 cm³/mol. The zero-order valence-corrected chi connectivity index (χ0v) is 13.2. The summed E-state index contributed by atoms with van der Waals surface area (Å²) in [6, 6.07) is 1.27. The average Bonchev–Trinajstić information content (AvgIpc) is 2.48. The first-order valence-electron chi connectivity index (χ1n) is 6.90. The van der Waals surface area contributed by atoms with Gasteiger partial charge in [0, 0.05) is 45.3 Å². The number of hydrogen-bond acceptors (Lipinski definition) is 6. The summed E-state index contributed by atoms with van der Waals surface area (Å²) in [4.78, 5) is 28.4. The lowest BCUT2D eigenvalue weighted by Crippen LogP contribution is -2.46. The molecular weight excluding hydrogens is 310 g/mol. The van der Waals surface area contributed by atoms with Gasteiger partial charge in [0.25, 0.3) is 11.6 Å². The fourth-order valence-electron chi connectivity index (χ4n) is 2.21. The molecule has 8 nitrogen and oxygen atoms in total. The summed E-state index contributed by atoms with van der Waals surface area (Å²) in [5, 5.41) is 16.8. The van der Waals surface area contributed by atoms with Gasteiger partial charge in [0.2, 0.25) is 0 Å². The molecule has 1 aromatic heterocycles. The SMILES string of the molecule is Cc1ncc([N+](=O)[O-])cc1C(=O)NCCN1CCNCC1.Cl. The Morgan fingerprint density at radius 3 is 2.82 bits per heavy atom. The van der Waals surface area contributed by atoms with Gasteiger partial charge < -0.3 is 10.6 Å². The van der Waals surface area contributed by atoms with Crippen LogP contribution in [0.15, 0.2) is 12.3 Å². The number of carbonyl (C=O) groups is 1. The summed E-state index contributed by atoms with van der Waals surface area (Å²) in [5.74, 6) is -0.321. The Bertz CT molecular complexity index is 534. The standard InChI is InChI=1S/C13H19N5O3.ClH/c1-10-12(8-11(9-16-10)18(20)21)13(19)15-4-7-17-5-2-14-3-6-17;/h8-9,14H,2-7H2,1H3,(H,15,19);1H. The van der Waals surface area contributed by atoms with E-state index in [9.17, 15) is 14.9 Å². The number of pyridine rings is 1. The second-order valence-electron chi connectivity index (χ2n) is 4.93. The highest BCUT2D eigenvalue weighted by Crippen LogP contribution is 2.14. The Labute approximate surface area is 134 Å². The van der Waals surface area contributed by atoms with Gasteiger partial charge in [-0.1, -0.05) is 0 Å². The molecular formula is C13H20ClN5O3. The molecule has 0 atom stereocenters. The number of nitrogens with zero attached hydrogens (tertiary/aromatic N) is 3. The van der Waals surface area contributed by atoms with Crippen molar-refractivity contribution in [1.29, 1.82) is 0 Å². The molecule has 0 aromatic carbocycles. The minimum Gasteiger partial charge on any atom is -0.351 e. The van der Waals surface area contributed by atoms with E-state index in [1.54, 1.807) is 6.92 Å². The van der Waals surface area contributed by atoms with Gasteiger partial charge in [-0.2, -0.15) is 0 Å². The molecule has 0 saturated carbocycles. The van der Waals surface area contributed by atoms with Crippen molar-refractivity contribution in [1.82, 2.24) is 20.5 Å². The highest BCUT2D eigenvalue weighted by atomic mass is 35.5. The molecule has 1 aromatic rings. The summed E-state index contributed by atoms with van der Waals surface area (Å²) >= 11 is 0. The van der Waals surface area contributed by atoms with Crippen LogP contribution in [0.4, 0.5) is 5.69 Å². The maximum atomic E-state index is 12.1. The van der Waals surface area contributed by atoms with Gasteiger partial charge in [-0.15, -0.1) is 12.4 Å². The number of amides is 1. The van der Waals surface area contributed by atoms with Crippen molar-refractivity contribution in [3.05, 3.63) is 33.6 Å². The Morgan fingerprint density at radius 2 is 2.18 bits per heavy atom. The molecule has 22 heavy (non-hydrogen) atoms. The number of carbonyl (C=O) groups excluding carboxylic acids is 1. The number of halogens is 1. The Morgan fingerprint density at radius 1 is 1.50 bits per heavy atom. The molecule has 1 saturated heterocycles. The predicted octanol–water partition coefficient (Wildman–Crippen LogP) is 0.355. The van der Waals surface area contributed by atoms with Crippen molar-refractivity contribution in [2.75, 3.05) is 39.3 Å². The summed E-state index contributed by atoms with van der Waals surface area (Å²) in [6.45, 7) is 6.80. The van der Waals surface area contributed by atoms with Crippen LogP contribution in [0.25, 0.3) is 0 Å². The van der Waals surface area contributed by atoms with Crippen LogP contribution in [0.1, 0.15) is 16.1 Å². The summed E-state index contributed by atoms with van der Waals surface area (Å²) in [7, 11) is 0. The van der Waals surface area contributed by atoms with Crippen LogP contribution in [0.2, 0.25) is 0 Å². The first kappa shape index (κ1) is 18.3. The lowest BCUT2D eigenvalue weighted by molar-refractivity contribution is -0.385. The lowest BCUT2D eigenvalue weighted by Gasteiger charge is -2.27. The number of nitro groups is 1. The van der Waals surface area contributed by atoms with Gasteiger partial charge in [-0.3, -0.25) is 24.8 Å². The van der Waals surface area contributed by atoms with E-state index in [1.165, 1.54) is 6.07 Å². The number of rotatable bonds is 5. The van der Waals surface area contributed by atoms with Crippen molar-refractivity contribution < 1.29 is 9.72 Å². The van der Waals surface area contributed by atoms with E-state index in [-0.39, 0.29) is 29.6 Å². The fourth-order valence-corrected chi connectivity index (χ4v) is 2.21. The maximum Gasteiger partial charge on any atom is 0.288 e. The van der Waals surface area contributed by atoms with Crippen molar-refractivity contribution in [3.8, 4) is 0 Å². The quantitative estimate of drug-likeness (QED) is 0.597. The second-order valence-corrected chi connectivity index (χ2v) is 4.93. The average molecular weight is 330 g/mol. The third-order valence-electron chi connectivity index (χ3n) is 3.45. The third kappa shape index (κ3) is 4.90. The van der Waals surface area contributed by atoms with Gasteiger partial charge >= 0.3 is 0 Å². The van der Waals surface area contributed by atoms with Crippen molar-refractivity contribution in [2.24, 2.45) is 0 Å². The first-order chi connectivity index (χ1) is 10.1. The van der Waals surface area contributed by atoms with Gasteiger partial charge in [0.05, 0.1) is 16.2 Å². The topological polar surface area (TPSA) is 100 Å². The van der Waals surface area contributed by atoms with Crippen LogP contribution in [-0.2, 0) is 0 Å². The smallest absolute Gasteiger partial charge is 0.288 e. The summed E-state index contributed by atoms with van der Waals surface area (Å²) in [6.07, 6.45) is 1.16. The van der Waals surface area contributed by atoms with Crippen LogP contribution in [0, 0.1) is 17.0 Å². The molecule has 1 fully saturated rings. The summed E-state index contributed by atoms with van der Waals surface area (Å²) in [5.41, 5.74) is 0.567. The van der Waals surface area contributed by atoms with Gasteiger partial charge in [0.15, 0.2) is 0 Å². The molecule has 0 unspecified atom stereocenters. The minimum atomic E-state index is -0.552. The van der Waals surface area contributed by atoms with E-state index in [1.807, 2.05) is 0 Å². The third-order valence-corrected chi connectivity index (χ3v) is 3.45. The van der Waals surface area contributed by atoms with Crippen molar-refractivity contribution in [2.45, 2.75) is 6.92 Å². The Hall–Kier alpha value is -1.77. The second kappa shape index (κ2) is 8.62. The molecule has 0 bridgehead atoms. The van der Waals surface area contributed by atoms with Crippen LogP contribution < -0.4 is 10.6 Å². The van der Waals surface area contributed by atoms with Gasteiger partial charge in [0.1, 0.15) is 6.20 Å². The van der Waals surface area contributed by atoms with Crippen molar-refractivity contribution >= 4 is 24.0 Å². The van der Waals surface area contributed by atoms with Crippen molar-refractivity contribution in [3.63, 3.8) is 0 Å². The van der Waals surface area contributed by atoms with Crippen LogP contribution in [0.5, 0.6) is 0 Å². The Kier molecular flexibility index (Phi) is 7.16. The molecule has 2 heterocycles. The molecule has 2 N–H and O–H groups in total. The summed E-state index contributed by atoms with van der Waals surface area (Å²) < 4.78 is 0. The van der Waals surface area contributed by atoms with E-state index >= 15 is 0 Å². The number of aromatic nitrogens is 1. The van der Waals surface area contributed by atoms with Crippen LogP contribution >= 0.6 is 12.4 Å². The normalized spacial score (nSPS) is 15.0. The number of aryl methyl sites for hydroxylation is 1. The molecule has 1 aliphatic rings. The molecule has 1 amide bonds. The number of piperazine rings is 1. The number of nitrogens with one attached hydrogen (secondary N) is 2. The number of hydrogen-bond donors (Lipinski definition) is 2. The zero-order chi connectivity index (χ0) is 15.2. The lowest BCUT2D eigenvalue weighted by atomic mass is 10.2. The van der Waals surface area contributed by atoms with Gasteiger partial charge in [-0.05, 0) is 6.92 Å². The van der Waals surface area contributed by atoms with E-state index < -0.39 is 4.92 Å². The van der Waals surface area contributed by atoms with E-state index in [0.29, 0.717) is 12.2 Å². The van der Waals surface area contributed by atoms with Crippen LogP contribution in [-0.4, -0.2) is 60.0 Å². The molecule has 0 aliphatic carbocycles. The monoisotopic (exact) mass is 329 g/mol. The Balaban J connectivity index is 0.00000242. The minimum absolute atomic E-state index is 0. The highest BCUT2D eigenvalue weighted by molar-refractivity contribution is 5.95. The maximum absolute atomic E-state index is 12.1. The highest BCUT2D eigenvalue weighted by Gasteiger charge is 2.16. The largest absolute Gasteiger partial charge is 0.351 e. The van der Waals surface area contributed by atoms with Gasteiger partial charge in [-0.25, -0.2) is 0 Å². The molecule has 0 spiro atoms. The first-order valence-corrected chi connectivity index (χ1v) is 6.90. The molecule has 1 aliphatic heterocycles. The van der Waals surface area contributed by atoms with E-state index in [0.717, 1.165) is 38.9 Å². The molecule has 122 valence electrons. The molecule has 0 radical (unpaired) electrons. The molecule has 2 rings (SSSR count). The molecule has 9 heteroatoms. The van der Waals surface area contributed by atoms with Crippen LogP contribution in [0.3, 0.4) is 0 Å². The van der Waals surface area contributed by atoms with E-state index in [4.69, 9.17) is 0 Å². The fraction of sp³-hybridized carbons (Fsp3) is 0.538. The zero-order valence-electron chi connectivity index (χ0n) is 12.4. The van der Waals surface area contributed by atoms with E-state index in [2.05, 4.69) is 20.5 Å².